The van der Waals surface area contributed by atoms with E-state index in [9.17, 15) is 13.5 Å². The van der Waals surface area contributed by atoms with E-state index in [0.29, 0.717) is 4.34 Å². The second-order valence-electron chi connectivity index (χ2n) is 4.03. The number of halogens is 3. The van der Waals surface area contributed by atoms with Gasteiger partial charge in [-0.05, 0) is 24.3 Å². The van der Waals surface area contributed by atoms with E-state index in [2.05, 4.69) is 4.72 Å². The molecule has 0 saturated heterocycles. The number of aliphatic hydroxyl groups is 1. The van der Waals surface area contributed by atoms with Crippen LogP contribution in [-0.4, -0.2) is 13.5 Å². The van der Waals surface area contributed by atoms with Crippen molar-refractivity contribution in [1.29, 1.82) is 0 Å². The summed E-state index contributed by atoms with van der Waals surface area (Å²) >= 11 is 18.9. The van der Waals surface area contributed by atoms with Gasteiger partial charge in [0.2, 0.25) is 10.0 Å². The molecule has 0 aliphatic rings. The lowest BCUT2D eigenvalue weighted by atomic mass is 10.2. The Morgan fingerprint density at radius 1 is 1.14 bits per heavy atom. The van der Waals surface area contributed by atoms with Crippen LogP contribution in [0.2, 0.25) is 14.4 Å². The average molecular weight is 387 g/mol. The molecule has 21 heavy (non-hydrogen) atoms. The van der Waals surface area contributed by atoms with Crippen LogP contribution in [0.3, 0.4) is 0 Å². The molecule has 0 atom stereocenters. The van der Waals surface area contributed by atoms with Crippen LogP contribution in [-0.2, 0) is 23.2 Å². The van der Waals surface area contributed by atoms with Crippen LogP contribution in [0.1, 0.15) is 10.4 Å². The molecule has 9 heteroatoms. The summed E-state index contributed by atoms with van der Waals surface area (Å²) < 4.78 is 27.5. The van der Waals surface area contributed by atoms with Gasteiger partial charge in [-0.15, -0.1) is 11.3 Å². The lowest BCUT2D eigenvalue weighted by molar-refractivity contribution is 0.281. The van der Waals surface area contributed by atoms with Gasteiger partial charge in [0, 0.05) is 22.0 Å². The first-order valence-electron chi connectivity index (χ1n) is 5.67. The molecule has 0 bridgehead atoms. The zero-order valence-electron chi connectivity index (χ0n) is 10.4. The average Bonchev–Trinajstić information content (AvgIpc) is 2.83. The molecule has 0 fully saturated rings. The molecule has 0 saturated carbocycles. The van der Waals surface area contributed by atoms with Gasteiger partial charge in [-0.1, -0.05) is 34.8 Å². The Morgan fingerprint density at radius 3 is 2.43 bits per heavy atom. The molecule has 0 unspecified atom stereocenters. The summed E-state index contributed by atoms with van der Waals surface area (Å²) in [6.07, 6.45) is 0. The maximum absolute atomic E-state index is 12.3. The highest BCUT2D eigenvalue weighted by Crippen LogP contribution is 2.31. The number of aliphatic hydroxyl groups excluding tert-OH is 1. The summed E-state index contributed by atoms with van der Waals surface area (Å²) in [5, 5.41) is 9.34. The summed E-state index contributed by atoms with van der Waals surface area (Å²) in [6.45, 7) is -0.339. The smallest absolute Gasteiger partial charge is 0.242 e. The molecule has 4 nitrogen and oxygen atoms in total. The zero-order valence-corrected chi connectivity index (χ0v) is 14.3. The van der Waals surface area contributed by atoms with Crippen molar-refractivity contribution >= 4 is 56.2 Å². The summed E-state index contributed by atoms with van der Waals surface area (Å²) in [5.41, 5.74) is 0.181. The number of benzene rings is 1. The lowest BCUT2D eigenvalue weighted by Gasteiger charge is -2.11. The minimum atomic E-state index is -3.82. The highest BCUT2D eigenvalue weighted by molar-refractivity contribution is 7.89. The van der Waals surface area contributed by atoms with Gasteiger partial charge in [0.05, 0.1) is 16.0 Å². The van der Waals surface area contributed by atoms with Crippen LogP contribution in [0.25, 0.3) is 0 Å². The van der Waals surface area contributed by atoms with E-state index in [1.54, 1.807) is 12.1 Å². The Kier molecular flexibility index (Phi) is 5.54. The van der Waals surface area contributed by atoms with Gasteiger partial charge in [-0.25, -0.2) is 13.1 Å². The van der Waals surface area contributed by atoms with E-state index in [-0.39, 0.29) is 27.0 Å². The highest BCUT2D eigenvalue weighted by Gasteiger charge is 2.21. The van der Waals surface area contributed by atoms with Crippen molar-refractivity contribution in [2.75, 3.05) is 0 Å². The Balaban J connectivity index is 2.27. The van der Waals surface area contributed by atoms with Crippen LogP contribution < -0.4 is 4.72 Å². The quantitative estimate of drug-likeness (QED) is 0.824. The predicted octanol–water partition coefficient (Wildman–Crippen LogP) is 3.68. The van der Waals surface area contributed by atoms with Crippen LogP contribution in [0, 0.1) is 0 Å². The highest BCUT2D eigenvalue weighted by atomic mass is 35.5. The largest absolute Gasteiger partial charge is 0.392 e. The first-order chi connectivity index (χ1) is 9.85. The molecular weight excluding hydrogens is 377 g/mol. The van der Waals surface area contributed by atoms with Crippen molar-refractivity contribution < 1.29 is 13.5 Å². The summed E-state index contributed by atoms with van der Waals surface area (Å²) in [7, 11) is -3.82. The predicted molar refractivity (Wildman–Crippen MR) is 85.7 cm³/mol. The fourth-order valence-corrected chi connectivity index (χ4v) is 4.64. The molecule has 0 spiro atoms. The Labute approximate surface area is 141 Å². The molecule has 1 aromatic carbocycles. The van der Waals surface area contributed by atoms with Gasteiger partial charge < -0.3 is 5.11 Å². The van der Waals surface area contributed by atoms with Gasteiger partial charge in [0.1, 0.15) is 4.90 Å². The Bertz CT molecular complexity index is 759. The van der Waals surface area contributed by atoms with Crippen LogP contribution in [0.5, 0.6) is 0 Å². The maximum atomic E-state index is 12.3. The van der Waals surface area contributed by atoms with Gasteiger partial charge >= 0.3 is 0 Å². The minimum Gasteiger partial charge on any atom is -0.392 e. The van der Waals surface area contributed by atoms with E-state index in [0.717, 1.165) is 4.88 Å². The molecule has 0 amide bonds. The monoisotopic (exact) mass is 385 g/mol. The number of nitrogens with one attached hydrogen (secondary N) is 1. The van der Waals surface area contributed by atoms with E-state index < -0.39 is 16.6 Å². The molecule has 2 N–H and O–H groups in total. The molecular formula is C12H10Cl3NO3S2. The first kappa shape index (κ1) is 17.0. The van der Waals surface area contributed by atoms with Crippen molar-refractivity contribution in [2.24, 2.45) is 0 Å². The number of hydrogen-bond donors (Lipinski definition) is 2. The van der Waals surface area contributed by atoms with Crippen LogP contribution in [0.15, 0.2) is 29.2 Å². The van der Waals surface area contributed by atoms with E-state index >= 15 is 0 Å². The van der Waals surface area contributed by atoms with Crippen molar-refractivity contribution in [3.05, 3.63) is 49.1 Å². The van der Waals surface area contributed by atoms with Crippen LogP contribution >= 0.6 is 46.1 Å². The first-order valence-corrected chi connectivity index (χ1v) is 9.10. The standard InChI is InChI=1S/C12H10Cl3NO3S2/c13-9-2-3-10(12(15)8(9)6-17)21(18,19)16-5-7-1-4-11(14)20-7/h1-4,16-17H,5-6H2. The zero-order chi connectivity index (χ0) is 15.6. The summed E-state index contributed by atoms with van der Waals surface area (Å²) in [4.78, 5) is 0.649. The normalized spacial score (nSPS) is 11.8. The van der Waals surface area contributed by atoms with Gasteiger partial charge in [0.15, 0.2) is 0 Å². The van der Waals surface area contributed by atoms with E-state index in [1.807, 2.05) is 0 Å². The van der Waals surface area contributed by atoms with Crippen molar-refractivity contribution in [2.45, 2.75) is 18.0 Å². The third kappa shape index (κ3) is 3.90. The third-order valence-electron chi connectivity index (χ3n) is 2.66. The minimum absolute atomic E-state index is 0.0817. The second kappa shape index (κ2) is 6.83. The molecule has 1 aromatic heterocycles. The SMILES string of the molecule is O=S(=O)(NCc1ccc(Cl)s1)c1ccc(Cl)c(CO)c1Cl. The van der Waals surface area contributed by atoms with Crippen molar-refractivity contribution in [3.63, 3.8) is 0 Å². The van der Waals surface area contributed by atoms with Gasteiger partial charge in [-0.2, -0.15) is 0 Å². The van der Waals surface area contributed by atoms with Gasteiger partial charge in [0.25, 0.3) is 0 Å². The molecule has 0 aliphatic heterocycles. The maximum Gasteiger partial charge on any atom is 0.242 e. The van der Waals surface area contributed by atoms with Crippen molar-refractivity contribution in [3.8, 4) is 0 Å². The molecule has 1 heterocycles. The lowest BCUT2D eigenvalue weighted by Crippen LogP contribution is -2.23. The Hall–Kier alpha value is -0.340. The fourth-order valence-electron chi connectivity index (χ4n) is 1.62. The summed E-state index contributed by atoms with van der Waals surface area (Å²) in [5.74, 6) is 0. The second-order valence-corrected chi connectivity index (χ2v) is 8.35. The van der Waals surface area contributed by atoms with Crippen LogP contribution in [0.4, 0.5) is 0 Å². The van der Waals surface area contributed by atoms with E-state index in [4.69, 9.17) is 34.8 Å². The Morgan fingerprint density at radius 2 is 1.86 bits per heavy atom. The number of hydrogen-bond acceptors (Lipinski definition) is 4. The third-order valence-corrected chi connectivity index (χ3v) is 6.24. The molecule has 114 valence electrons. The molecule has 2 aromatic rings. The molecule has 0 radical (unpaired) electrons. The topological polar surface area (TPSA) is 66.4 Å². The summed E-state index contributed by atoms with van der Waals surface area (Å²) in [6, 6.07) is 6.11. The van der Waals surface area contributed by atoms with Crippen molar-refractivity contribution in [1.82, 2.24) is 4.72 Å². The van der Waals surface area contributed by atoms with Gasteiger partial charge in [-0.3, -0.25) is 0 Å². The number of thiophene rings is 1. The number of sulfonamides is 1. The van der Waals surface area contributed by atoms with E-state index in [1.165, 1.54) is 23.5 Å². The molecule has 0 aliphatic carbocycles. The number of rotatable bonds is 5. The fraction of sp³-hybridized carbons (Fsp3) is 0.167. The molecule has 2 rings (SSSR count).